The van der Waals surface area contributed by atoms with Crippen molar-refractivity contribution >= 4 is 15.9 Å². The number of nitrogens with one attached hydrogen (secondary N) is 2. The molecule has 1 fully saturated rings. The second kappa shape index (κ2) is 7.45. The Balaban J connectivity index is 2.32. The molecule has 1 aliphatic rings. The largest absolute Gasteiger partial charge is 0.444 e. The average Bonchev–Trinajstić information content (AvgIpc) is 2.70. The molecule has 6 nitrogen and oxygen atoms in total. The molecule has 0 aliphatic heterocycles. The minimum absolute atomic E-state index is 0.149. The van der Waals surface area contributed by atoms with Crippen LogP contribution in [0.5, 0.6) is 0 Å². The van der Waals surface area contributed by atoms with E-state index in [1.54, 1.807) is 0 Å². The van der Waals surface area contributed by atoms with Gasteiger partial charge in [-0.05, 0) is 39.5 Å². The van der Waals surface area contributed by atoms with Gasteiger partial charge in [0.15, 0.2) is 0 Å². The number of hydrogen-bond acceptors (Lipinski definition) is 5. The molecule has 7 heteroatoms. The zero-order valence-corrected chi connectivity index (χ0v) is 14.3. The normalized spacial score (nSPS) is 23.0. The van der Waals surface area contributed by atoms with Gasteiger partial charge in [-0.3, -0.25) is 0 Å². The lowest BCUT2D eigenvalue weighted by molar-refractivity contribution is 0.0517. The molecule has 124 valence electrons. The van der Waals surface area contributed by atoms with E-state index in [0.29, 0.717) is 19.0 Å². The van der Waals surface area contributed by atoms with E-state index < -0.39 is 21.5 Å². The molecule has 2 unspecified atom stereocenters. The highest BCUT2D eigenvalue weighted by Gasteiger charge is 2.27. The van der Waals surface area contributed by atoms with Crippen LogP contribution in [0, 0.1) is 5.92 Å². The third kappa shape index (κ3) is 8.26. The molecule has 0 radical (unpaired) electrons. The van der Waals surface area contributed by atoms with Crippen molar-refractivity contribution in [2.45, 2.75) is 51.7 Å². The van der Waals surface area contributed by atoms with Crippen LogP contribution in [0.2, 0.25) is 0 Å². The Labute approximate surface area is 127 Å². The van der Waals surface area contributed by atoms with Gasteiger partial charge in [-0.25, -0.2) is 13.2 Å². The SMILES string of the molecule is CC(C)(C)OC(=O)NCC1CCCC1NCCS(C)(=O)=O. The molecule has 0 saturated heterocycles. The van der Waals surface area contributed by atoms with Crippen LogP contribution >= 0.6 is 0 Å². The highest BCUT2D eigenvalue weighted by molar-refractivity contribution is 7.90. The quantitative estimate of drug-likeness (QED) is 0.771. The Morgan fingerprint density at radius 2 is 1.95 bits per heavy atom. The average molecular weight is 320 g/mol. The maximum atomic E-state index is 11.6. The number of carbonyl (C=O) groups excluding carboxylic acids is 1. The predicted octanol–water partition coefficient (Wildman–Crippen LogP) is 1.31. The Morgan fingerprint density at radius 3 is 2.52 bits per heavy atom. The summed E-state index contributed by atoms with van der Waals surface area (Å²) >= 11 is 0. The topological polar surface area (TPSA) is 84.5 Å². The highest BCUT2D eigenvalue weighted by atomic mass is 32.2. The number of rotatable bonds is 6. The Hall–Kier alpha value is -0.820. The lowest BCUT2D eigenvalue weighted by Crippen LogP contribution is -2.42. The first kappa shape index (κ1) is 18.2. The number of ether oxygens (including phenoxy) is 1. The minimum Gasteiger partial charge on any atom is -0.444 e. The lowest BCUT2D eigenvalue weighted by Gasteiger charge is -2.23. The summed E-state index contributed by atoms with van der Waals surface area (Å²) in [6, 6.07) is 0.265. The smallest absolute Gasteiger partial charge is 0.407 e. The summed E-state index contributed by atoms with van der Waals surface area (Å²) in [7, 11) is -2.93. The number of sulfone groups is 1. The second-order valence-electron chi connectivity index (χ2n) is 6.76. The Morgan fingerprint density at radius 1 is 1.29 bits per heavy atom. The Kier molecular flexibility index (Phi) is 6.46. The van der Waals surface area contributed by atoms with Crippen molar-refractivity contribution in [1.82, 2.24) is 10.6 Å². The summed E-state index contributed by atoms with van der Waals surface area (Å²) in [6.07, 6.45) is 3.99. The first-order chi connectivity index (χ1) is 9.57. The second-order valence-corrected chi connectivity index (χ2v) is 9.02. The molecule has 0 bridgehead atoms. The Bertz CT molecular complexity index is 442. The molecule has 0 heterocycles. The van der Waals surface area contributed by atoms with Crippen LogP contribution < -0.4 is 10.6 Å². The molecule has 21 heavy (non-hydrogen) atoms. The zero-order chi connectivity index (χ0) is 16.1. The number of hydrogen-bond donors (Lipinski definition) is 2. The molecule has 0 aromatic heterocycles. The lowest BCUT2D eigenvalue weighted by atomic mass is 10.0. The van der Waals surface area contributed by atoms with Gasteiger partial charge in [-0.15, -0.1) is 0 Å². The van der Waals surface area contributed by atoms with Crippen LogP contribution in [-0.2, 0) is 14.6 Å². The van der Waals surface area contributed by atoms with Gasteiger partial charge >= 0.3 is 6.09 Å². The van der Waals surface area contributed by atoms with Gasteiger partial charge in [-0.1, -0.05) is 6.42 Å². The van der Waals surface area contributed by atoms with Crippen molar-refractivity contribution in [3.8, 4) is 0 Å². The maximum Gasteiger partial charge on any atom is 0.407 e. The standard InChI is InChI=1S/C14H28N2O4S/c1-14(2,3)20-13(17)16-10-11-6-5-7-12(11)15-8-9-21(4,18)19/h11-12,15H,5-10H2,1-4H3,(H,16,17). The van der Waals surface area contributed by atoms with Crippen LogP contribution in [0.4, 0.5) is 4.79 Å². The van der Waals surface area contributed by atoms with E-state index in [0.717, 1.165) is 19.3 Å². The molecule has 2 N–H and O–H groups in total. The predicted molar refractivity (Wildman–Crippen MR) is 83.1 cm³/mol. The zero-order valence-electron chi connectivity index (χ0n) is 13.4. The van der Waals surface area contributed by atoms with Crippen molar-refractivity contribution in [1.29, 1.82) is 0 Å². The van der Waals surface area contributed by atoms with Crippen LogP contribution in [0.25, 0.3) is 0 Å². The molecular weight excluding hydrogens is 292 g/mol. The third-order valence-corrected chi connectivity index (χ3v) is 4.39. The van der Waals surface area contributed by atoms with Gasteiger partial charge in [0.2, 0.25) is 0 Å². The van der Waals surface area contributed by atoms with Crippen LogP contribution in [0.15, 0.2) is 0 Å². The molecule has 0 spiro atoms. The van der Waals surface area contributed by atoms with E-state index in [1.165, 1.54) is 6.26 Å². The molecule has 1 aliphatic carbocycles. The molecule has 1 saturated carbocycles. The van der Waals surface area contributed by atoms with E-state index in [1.807, 2.05) is 20.8 Å². The summed E-state index contributed by atoms with van der Waals surface area (Å²) in [6.45, 7) is 6.52. The van der Waals surface area contributed by atoms with Crippen molar-refractivity contribution < 1.29 is 17.9 Å². The van der Waals surface area contributed by atoms with Gasteiger partial charge in [-0.2, -0.15) is 0 Å². The number of amides is 1. The van der Waals surface area contributed by atoms with E-state index in [2.05, 4.69) is 10.6 Å². The monoisotopic (exact) mass is 320 g/mol. The number of carbonyl (C=O) groups is 1. The minimum atomic E-state index is -2.93. The van der Waals surface area contributed by atoms with E-state index in [4.69, 9.17) is 4.74 Å². The first-order valence-electron chi connectivity index (χ1n) is 7.45. The fraction of sp³-hybridized carbons (Fsp3) is 0.929. The van der Waals surface area contributed by atoms with Crippen molar-refractivity contribution in [2.24, 2.45) is 5.92 Å². The summed E-state index contributed by atoms with van der Waals surface area (Å²) in [5.41, 5.74) is -0.493. The molecule has 0 aromatic carbocycles. The van der Waals surface area contributed by atoms with Gasteiger partial charge in [0.25, 0.3) is 0 Å². The van der Waals surface area contributed by atoms with E-state index in [9.17, 15) is 13.2 Å². The van der Waals surface area contributed by atoms with Crippen molar-refractivity contribution in [3.05, 3.63) is 0 Å². The summed E-state index contributed by atoms with van der Waals surface area (Å²) in [4.78, 5) is 11.6. The van der Waals surface area contributed by atoms with Gasteiger partial charge in [0.05, 0.1) is 5.75 Å². The van der Waals surface area contributed by atoms with E-state index in [-0.39, 0.29) is 11.8 Å². The summed E-state index contributed by atoms with van der Waals surface area (Å²) < 4.78 is 27.5. The molecular formula is C14H28N2O4S. The molecule has 1 amide bonds. The van der Waals surface area contributed by atoms with Crippen molar-refractivity contribution in [3.63, 3.8) is 0 Å². The summed E-state index contributed by atoms with van der Waals surface area (Å²) in [5, 5.41) is 6.09. The first-order valence-corrected chi connectivity index (χ1v) is 9.51. The third-order valence-electron chi connectivity index (χ3n) is 3.45. The van der Waals surface area contributed by atoms with Gasteiger partial charge in [0, 0.05) is 25.4 Å². The molecule has 1 rings (SSSR count). The fourth-order valence-electron chi connectivity index (χ4n) is 2.51. The molecule has 0 aromatic rings. The van der Waals surface area contributed by atoms with Crippen LogP contribution in [-0.4, -0.2) is 51.3 Å². The van der Waals surface area contributed by atoms with Gasteiger partial charge in [0.1, 0.15) is 15.4 Å². The van der Waals surface area contributed by atoms with Crippen LogP contribution in [0.3, 0.4) is 0 Å². The maximum absolute atomic E-state index is 11.6. The fourth-order valence-corrected chi connectivity index (χ4v) is 3.00. The number of alkyl carbamates (subject to hydrolysis) is 1. The van der Waals surface area contributed by atoms with Gasteiger partial charge < -0.3 is 15.4 Å². The molecule has 2 atom stereocenters. The van der Waals surface area contributed by atoms with Crippen LogP contribution in [0.1, 0.15) is 40.0 Å². The van der Waals surface area contributed by atoms with Crippen molar-refractivity contribution in [2.75, 3.05) is 25.1 Å². The summed E-state index contributed by atoms with van der Waals surface area (Å²) in [5.74, 6) is 0.479. The van der Waals surface area contributed by atoms with E-state index >= 15 is 0 Å². The highest BCUT2D eigenvalue weighted by Crippen LogP contribution is 2.25.